The first-order chi connectivity index (χ1) is 7.26. The van der Waals surface area contributed by atoms with Gasteiger partial charge in [-0.1, -0.05) is 32.8 Å². The van der Waals surface area contributed by atoms with Gasteiger partial charge in [-0.05, 0) is 37.3 Å². The summed E-state index contributed by atoms with van der Waals surface area (Å²) in [5, 5.41) is 5.79. The van der Waals surface area contributed by atoms with Gasteiger partial charge in [-0.3, -0.25) is 0 Å². The molecule has 0 aromatic carbocycles. The fraction of sp³-hybridized carbons (Fsp3) is 0.692. The molecule has 1 N–H and O–H groups in total. The minimum absolute atomic E-state index is 0.601. The van der Waals surface area contributed by atoms with Crippen molar-refractivity contribution in [3.8, 4) is 0 Å². The summed E-state index contributed by atoms with van der Waals surface area (Å²) in [4.78, 5) is 1.49. The third kappa shape index (κ3) is 4.80. The van der Waals surface area contributed by atoms with Gasteiger partial charge in [-0.25, -0.2) is 0 Å². The van der Waals surface area contributed by atoms with Crippen molar-refractivity contribution < 1.29 is 0 Å². The molecule has 1 heterocycles. The predicted octanol–water partition coefficient (Wildman–Crippen LogP) is 3.70. The molecule has 1 nitrogen and oxygen atoms in total. The van der Waals surface area contributed by atoms with Crippen LogP contribution in [0.2, 0.25) is 0 Å². The molecule has 0 amide bonds. The van der Waals surface area contributed by atoms with Crippen molar-refractivity contribution in [3.05, 3.63) is 22.4 Å². The smallest absolute Gasteiger partial charge is 0.00871 e. The van der Waals surface area contributed by atoms with Crippen molar-refractivity contribution in [2.75, 3.05) is 6.54 Å². The van der Waals surface area contributed by atoms with E-state index in [0.717, 1.165) is 12.3 Å². The number of nitrogens with one attached hydrogen (secondary N) is 1. The Labute approximate surface area is 97.9 Å². The predicted molar refractivity (Wildman–Crippen MR) is 69.6 cm³/mol. The normalized spacial score (nSPS) is 13.3. The topological polar surface area (TPSA) is 12.0 Å². The Bertz CT molecular complexity index is 239. The molecule has 0 saturated heterocycles. The molecule has 0 saturated carbocycles. The second-order valence-corrected chi connectivity index (χ2v) is 5.31. The Hall–Kier alpha value is -0.340. The maximum atomic E-state index is 3.63. The van der Waals surface area contributed by atoms with Gasteiger partial charge in [0.2, 0.25) is 0 Å². The molecular formula is C13H23NS. The van der Waals surface area contributed by atoms with Gasteiger partial charge in [0.15, 0.2) is 0 Å². The van der Waals surface area contributed by atoms with E-state index in [2.05, 4.69) is 43.6 Å². The lowest BCUT2D eigenvalue weighted by atomic mass is 10.0. The Morgan fingerprint density at radius 1 is 1.33 bits per heavy atom. The first-order valence-corrected chi connectivity index (χ1v) is 6.90. The molecule has 0 bridgehead atoms. The van der Waals surface area contributed by atoms with E-state index in [1.165, 1.54) is 24.3 Å². The average molecular weight is 225 g/mol. The number of hydrogen-bond acceptors (Lipinski definition) is 2. The number of hydrogen-bond donors (Lipinski definition) is 1. The van der Waals surface area contributed by atoms with Crippen LogP contribution in [0.1, 0.15) is 38.5 Å². The van der Waals surface area contributed by atoms with Crippen LogP contribution in [0.25, 0.3) is 0 Å². The summed E-state index contributed by atoms with van der Waals surface area (Å²) < 4.78 is 0. The summed E-state index contributed by atoms with van der Waals surface area (Å²) >= 11 is 1.86. The van der Waals surface area contributed by atoms with Gasteiger partial charge in [-0.2, -0.15) is 0 Å². The van der Waals surface area contributed by atoms with Gasteiger partial charge in [0.25, 0.3) is 0 Å². The lowest BCUT2D eigenvalue weighted by Crippen LogP contribution is -2.32. The summed E-state index contributed by atoms with van der Waals surface area (Å²) in [5.74, 6) is 0.843. The minimum Gasteiger partial charge on any atom is -0.314 e. The van der Waals surface area contributed by atoms with Crippen LogP contribution in [-0.4, -0.2) is 12.6 Å². The van der Waals surface area contributed by atoms with Crippen molar-refractivity contribution in [2.24, 2.45) is 5.92 Å². The second-order valence-electron chi connectivity index (χ2n) is 4.28. The summed E-state index contributed by atoms with van der Waals surface area (Å²) in [6, 6.07) is 4.96. The molecule has 1 aromatic heterocycles. The lowest BCUT2D eigenvalue weighted by molar-refractivity contribution is 0.417. The standard InChI is InChI=1S/C13H23NS/c1-4-12(5-2)10-14-11(3)9-13-7-6-8-15-13/h6-8,11-12,14H,4-5,9-10H2,1-3H3. The van der Waals surface area contributed by atoms with Crippen LogP contribution in [0.3, 0.4) is 0 Å². The zero-order valence-electron chi connectivity index (χ0n) is 10.1. The van der Waals surface area contributed by atoms with Crippen LogP contribution in [-0.2, 0) is 6.42 Å². The molecule has 15 heavy (non-hydrogen) atoms. The van der Waals surface area contributed by atoms with Gasteiger partial charge in [-0.15, -0.1) is 11.3 Å². The molecule has 0 radical (unpaired) electrons. The van der Waals surface area contributed by atoms with Crippen LogP contribution < -0.4 is 5.32 Å². The van der Waals surface area contributed by atoms with Crippen molar-refractivity contribution in [3.63, 3.8) is 0 Å². The van der Waals surface area contributed by atoms with Crippen molar-refractivity contribution in [1.29, 1.82) is 0 Å². The summed E-state index contributed by atoms with van der Waals surface area (Å²) in [7, 11) is 0. The molecular weight excluding hydrogens is 202 g/mol. The fourth-order valence-electron chi connectivity index (χ4n) is 1.75. The molecule has 0 aliphatic rings. The maximum Gasteiger partial charge on any atom is 0.00871 e. The molecule has 0 fully saturated rings. The quantitative estimate of drug-likeness (QED) is 0.746. The zero-order chi connectivity index (χ0) is 11.1. The number of thiophene rings is 1. The molecule has 2 heteroatoms. The van der Waals surface area contributed by atoms with Gasteiger partial charge in [0.05, 0.1) is 0 Å². The molecule has 86 valence electrons. The van der Waals surface area contributed by atoms with Crippen LogP contribution in [0.5, 0.6) is 0 Å². The first kappa shape index (κ1) is 12.7. The van der Waals surface area contributed by atoms with Gasteiger partial charge in [0, 0.05) is 10.9 Å². The van der Waals surface area contributed by atoms with E-state index >= 15 is 0 Å². The van der Waals surface area contributed by atoms with E-state index in [0.29, 0.717) is 6.04 Å². The van der Waals surface area contributed by atoms with E-state index in [1.54, 1.807) is 0 Å². The van der Waals surface area contributed by atoms with Crippen LogP contribution in [0, 0.1) is 5.92 Å². The molecule has 0 aliphatic heterocycles. The number of rotatable bonds is 7. The summed E-state index contributed by atoms with van der Waals surface area (Å²) in [5.41, 5.74) is 0. The highest BCUT2D eigenvalue weighted by Gasteiger charge is 2.07. The largest absolute Gasteiger partial charge is 0.314 e. The molecule has 1 atom stereocenters. The zero-order valence-corrected chi connectivity index (χ0v) is 10.9. The Morgan fingerprint density at radius 2 is 2.07 bits per heavy atom. The molecule has 0 aliphatic carbocycles. The highest BCUT2D eigenvalue weighted by atomic mass is 32.1. The van der Waals surface area contributed by atoms with Gasteiger partial charge >= 0.3 is 0 Å². The summed E-state index contributed by atoms with van der Waals surface area (Å²) in [6.07, 6.45) is 3.74. The van der Waals surface area contributed by atoms with E-state index in [1.807, 2.05) is 11.3 Å². The second kappa shape index (κ2) is 7.02. The SMILES string of the molecule is CCC(CC)CNC(C)Cc1cccs1. The van der Waals surface area contributed by atoms with Crippen LogP contribution >= 0.6 is 11.3 Å². The molecule has 0 spiro atoms. The Balaban J connectivity index is 2.21. The van der Waals surface area contributed by atoms with Crippen molar-refractivity contribution in [2.45, 2.75) is 46.1 Å². The highest BCUT2D eigenvalue weighted by molar-refractivity contribution is 7.09. The van der Waals surface area contributed by atoms with E-state index < -0.39 is 0 Å². The first-order valence-electron chi connectivity index (χ1n) is 6.02. The van der Waals surface area contributed by atoms with Gasteiger partial charge in [0.1, 0.15) is 0 Å². The van der Waals surface area contributed by atoms with Crippen LogP contribution in [0.15, 0.2) is 17.5 Å². The van der Waals surface area contributed by atoms with Crippen molar-refractivity contribution in [1.82, 2.24) is 5.32 Å². The average Bonchev–Trinajstić information content (AvgIpc) is 2.72. The molecule has 1 aromatic rings. The highest BCUT2D eigenvalue weighted by Crippen LogP contribution is 2.11. The molecule has 1 rings (SSSR count). The molecule has 1 unspecified atom stereocenters. The van der Waals surface area contributed by atoms with Crippen molar-refractivity contribution >= 4 is 11.3 Å². The third-order valence-electron chi connectivity index (χ3n) is 3.00. The summed E-state index contributed by atoms with van der Waals surface area (Å²) in [6.45, 7) is 8.00. The minimum atomic E-state index is 0.601. The van der Waals surface area contributed by atoms with Crippen LogP contribution in [0.4, 0.5) is 0 Å². The third-order valence-corrected chi connectivity index (χ3v) is 3.90. The monoisotopic (exact) mass is 225 g/mol. The lowest BCUT2D eigenvalue weighted by Gasteiger charge is -2.18. The maximum absolute atomic E-state index is 3.63. The van der Waals surface area contributed by atoms with E-state index in [-0.39, 0.29) is 0 Å². The Kier molecular flexibility index (Phi) is 5.96. The Morgan fingerprint density at radius 3 is 2.60 bits per heavy atom. The fourth-order valence-corrected chi connectivity index (χ4v) is 2.58. The van der Waals surface area contributed by atoms with E-state index in [9.17, 15) is 0 Å². The van der Waals surface area contributed by atoms with E-state index in [4.69, 9.17) is 0 Å². The van der Waals surface area contributed by atoms with Gasteiger partial charge < -0.3 is 5.32 Å².